The first-order chi connectivity index (χ1) is 9.60. The number of nitrogens with one attached hydrogen (secondary N) is 2. The molecule has 6 heteroatoms. The van der Waals surface area contributed by atoms with Crippen LogP contribution >= 0.6 is 11.8 Å². The maximum Gasteiger partial charge on any atom is 0.320 e. The number of nitrogens with zero attached hydrogens (tertiary/aromatic N) is 2. The minimum atomic E-state index is -0.124. The fourth-order valence-corrected chi connectivity index (χ4v) is 3.92. The standard InChI is InChI=1S/C14H24N4OS/c1-4-20-12-8-6-5-7-11(12)15-14(19)16-13-9-10(2)17-18(13)3/h9,11-12H,4-8H2,1-3H3,(H2,15,16,19). The predicted octanol–water partition coefficient (Wildman–Crippen LogP) is 2.91. The van der Waals surface area contributed by atoms with E-state index in [1.807, 2.05) is 31.8 Å². The molecule has 0 aromatic carbocycles. The number of thioether (sulfide) groups is 1. The average Bonchev–Trinajstić information content (AvgIpc) is 2.70. The van der Waals surface area contributed by atoms with Crippen molar-refractivity contribution in [3.05, 3.63) is 11.8 Å². The smallest absolute Gasteiger partial charge is 0.320 e. The number of rotatable bonds is 4. The van der Waals surface area contributed by atoms with Gasteiger partial charge in [0.05, 0.1) is 5.69 Å². The van der Waals surface area contributed by atoms with E-state index in [1.165, 1.54) is 19.3 Å². The molecule has 0 spiro atoms. The molecule has 2 rings (SSSR count). The third-order valence-electron chi connectivity index (χ3n) is 3.64. The summed E-state index contributed by atoms with van der Waals surface area (Å²) in [7, 11) is 1.83. The zero-order valence-electron chi connectivity index (χ0n) is 12.5. The Morgan fingerprint density at radius 3 is 2.90 bits per heavy atom. The average molecular weight is 296 g/mol. The summed E-state index contributed by atoms with van der Waals surface area (Å²) in [5.74, 6) is 1.83. The van der Waals surface area contributed by atoms with Crippen molar-refractivity contribution in [1.82, 2.24) is 15.1 Å². The van der Waals surface area contributed by atoms with Crippen molar-refractivity contribution < 1.29 is 4.79 Å². The summed E-state index contributed by atoms with van der Waals surface area (Å²) < 4.78 is 1.69. The van der Waals surface area contributed by atoms with E-state index < -0.39 is 0 Å². The Morgan fingerprint density at radius 2 is 2.25 bits per heavy atom. The monoisotopic (exact) mass is 296 g/mol. The third-order valence-corrected chi connectivity index (χ3v) is 4.97. The Labute approximate surface area is 124 Å². The normalized spacial score (nSPS) is 22.6. The van der Waals surface area contributed by atoms with Crippen LogP contribution in [-0.4, -0.2) is 32.9 Å². The van der Waals surface area contributed by atoms with E-state index in [2.05, 4.69) is 22.7 Å². The van der Waals surface area contributed by atoms with Crippen molar-refractivity contribution in [3.8, 4) is 0 Å². The molecule has 0 aliphatic heterocycles. The summed E-state index contributed by atoms with van der Waals surface area (Å²) in [5.41, 5.74) is 0.903. The molecule has 0 radical (unpaired) electrons. The molecule has 0 bridgehead atoms. The molecular weight excluding hydrogens is 272 g/mol. The van der Waals surface area contributed by atoms with E-state index in [0.717, 1.165) is 23.7 Å². The van der Waals surface area contributed by atoms with Crippen LogP contribution in [0.15, 0.2) is 6.07 Å². The maximum atomic E-state index is 12.1. The number of amides is 2. The van der Waals surface area contributed by atoms with Gasteiger partial charge in [-0.3, -0.25) is 10.00 Å². The number of carbonyl (C=O) groups excluding carboxylic acids is 1. The molecule has 2 atom stereocenters. The van der Waals surface area contributed by atoms with Crippen molar-refractivity contribution in [2.24, 2.45) is 7.05 Å². The van der Waals surface area contributed by atoms with Crippen LogP contribution in [-0.2, 0) is 7.05 Å². The van der Waals surface area contributed by atoms with Crippen molar-refractivity contribution in [2.45, 2.75) is 50.8 Å². The summed E-state index contributed by atoms with van der Waals surface area (Å²) in [4.78, 5) is 12.1. The van der Waals surface area contributed by atoms with Gasteiger partial charge in [-0.25, -0.2) is 4.79 Å². The minimum absolute atomic E-state index is 0.124. The second kappa shape index (κ2) is 7.02. The van der Waals surface area contributed by atoms with E-state index >= 15 is 0 Å². The molecule has 1 heterocycles. The Balaban J connectivity index is 1.91. The quantitative estimate of drug-likeness (QED) is 0.898. The van der Waals surface area contributed by atoms with Gasteiger partial charge in [0.2, 0.25) is 0 Å². The van der Waals surface area contributed by atoms with Crippen LogP contribution < -0.4 is 10.6 Å². The largest absolute Gasteiger partial charge is 0.334 e. The van der Waals surface area contributed by atoms with E-state index in [4.69, 9.17) is 0 Å². The van der Waals surface area contributed by atoms with E-state index in [-0.39, 0.29) is 12.1 Å². The van der Waals surface area contributed by atoms with Crippen molar-refractivity contribution in [2.75, 3.05) is 11.1 Å². The molecule has 5 nitrogen and oxygen atoms in total. The molecule has 2 unspecified atom stereocenters. The van der Waals surface area contributed by atoms with Crippen LogP contribution in [0.5, 0.6) is 0 Å². The SMILES string of the molecule is CCSC1CCCCC1NC(=O)Nc1cc(C)nn1C. The summed E-state index contributed by atoms with van der Waals surface area (Å²) in [5, 5.41) is 10.8. The lowest BCUT2D eigenvalue weighted by molar-refractivity contribution is 0.244. The van der Waals surface area contributed by atoms with Gasteiger partial charge < -0.3 is 5.32 Å². The van der Waals surface area contributed by atoms with Gasteiger partial charge in [0.15, 0.2) is 0 Å². The summed E-state index contributed by atoms with van der Waals surface area (Å²) in [6, 6.07) is 2.03. The van der Waals surface area contributed by atoms with Crippen molar-refractivity contribution >= 4 is 23.6 Å². The van der Waals surface area contributed by atoms with Crippen LogP contribution in [0.4, 0.5) is 10.6 Å². The molecule has 0 saturated heterocycles. The molecule has 1 fully saturated rings. The van der Waals surface area contributed by atoms with E-state index in [1.54, 1.807) is 4.68 Å². The zero-order valence-corrected chi connectivity index (χ0v) is 13.3. The Morgan fingerprint density at radius 1 is 1.50 bits per heavy atom. The van der Waals surface area contributed by atoms with Gasteiger partial charge in [0, 0.05) is 24.4 Å². The van der Waals surface area contributed by atoms with Crippen LogP contribution in [0.25, 0.3) is 0 Å². The van der Waals surface area contributed by atoms with Gasteiger partial charge in [-0.2, -0.15) is 16.9 Å². The molecule has 1 aliphatic carbocycles. The Bertz CT molecular complexity index is 458. The second-order valence-corrected chi connectivity index (χ2v) is 6.79. The van der Waals surface area contributed by atoms with Crippen molar-refractivity contribution in [3.63, 3.8) is 0 Å². The summed E-state index contributed by atoms with van der Waals surface area (Å²) >= 11 is 1.96. The Hall–Kier alpha value is -1.17. The van der Waals surface area contributed by atoms with E-state index in [9.17, 15) is 4.79 Å². The summed E-state index contributed by atoms with van der Waals surface area (Å²) in [6.07, 6.45) is 4.76. The maximum absolute atomic E-state index is 12.1. The Kier molecular flexibility index (Phi) is 5.34. The van der Waals surface area contributed by atoms with Gasteiger partial charge in [0.25, 0.3) is 0 Å². The number of hydrogen-bond acceptors (Lipinski definition) is 3. The lowest BCUT2D eigenvalue weighted by Crippen LogP contribution is -2.45. The van der Waals surface area contributed by atoms with Crippen molar-refractivity contribution in [1.29, 1.82) is 0 Å². The predicted molar refractivity (Wildman–Crippen MR) is 84.3 cm³/mol. The molecular formula is C14H24N4OS. The molecule has 1 aliphatic rings. The van der Waals surface area contributed by atoms with Gasteiger partial charge in [0.1, 0.15) is 5.82 Å². The highest BCUT2D eigenvalue weighted by molar-refractivity contribution is 7.99. The number of carbonyl (C=O) groups is 1. The number of hydrogen-bond donors (Lipinski definition) is 2. The van der Waals surface area contributed by atoms with Gasteiger partial charge >= 0.3 is 6.03 Å². The first kappa shape index (κ1) is 15.2. The van der Waals surface area contributed by atoms with Gasteiger partial charge in [-0.1, -0.05) is 19.8 Å². The fourth-order valence-electron chi connectivity index (χ4n) is 2.72. The molecule has 2 amide bonds. The third kappa shape index (κ3) is 3.91. The number of urea groups is 1. The van der Waals surface area contributed by atoms with Crippen LogP contribution in [0, 0.1) is 6.92 Å². The number of aryl methyl sites for hydroxylation is 2. The molecule has 20 heavy (non-hydrogen) atoms. The van der Waals surface area contributed by atoms with Gasteiger partial charge in [-0.15, -0.1) is 0 Å². The fraction of sp³-hybridized carbons (Fsp3) is 0.714. The minimum Gasteiger partial charge on any atom is -0.334 e. The highest BCUT2D eigenvalue weighted by Crippen LogP contribution is 2.28. The first-order valence-corrected chi connectivity index (χ1v) is 8.34. The highest BCUT2D eigenvalue weighted by Gasteiger charge is 2.26. The van der Waals surface area contributed by atoms with Crippen LogP contribution in [0.1, 0.15) is 38.3 Å². The molecule has 1 saturated carbocycles. The lowest BCUT2D eigenvalue weighted by Gasteiger charge is -2.31. The number of aromatic nitrogens is 2. The van der Waals surface area contributed by atoms with E-state index in [0.29, 0.717) is 5.25 Å². The molecule has 1 aromatic rings. The first-order valence-electron chi connectivity index (χ1n) is 7.30. The topological polar surface area (TPSA) is 59.0 Å². The number of anilines is 1. The molecule has 112 valence electrons. The lowest BCUT2D eigenvalue weighted by atomic mass is 9.95. The second-order valence-electron chi connectivity index (χ2n) is 5.28. The van der Waals surface area contributed by atoms with Crippen LogP contribution in [0.2, 0.25) is 0 Å². The van der Waals surface area contributed by atoms with Gasteiger partial charge in [-0.05, 0) is 25.5 Å². The zero-order chi connectivity index (χ0) is 14.5. The highest BCUT2D eigenvalue weighted by atomic mass is 32.2. The molecule has 1 aromatic heterocycles. The summed E-state index contributed by atoms with van der Waals surface area (Å²) in [6.45, 7) is 4.09. The van der Waals surface area contributed by atoms with Crippen LogP contribution in [0.3, 0.4) is 0 Å². The molecule has 2 N–H and O–H groups in total.